The zero-order valence-electron chi connectivity index (χ0n) is 24.0. The van der Waals surface area contributed by atoms with E-state index in [4.69, 9.17) is 11.6 Å². The molecule has 0 radical (unpaired) electrons. The summed E-state index contributed by atoms with van der Waals surface area (Å²) in [5.41, 5.74) is -1.65. The Morgan fingerprint density at radius 3 is 2.37 bits per heavy atom. The molecule has 0 spiro atoms. The number of imidazole rings is 1. The lowest BCUT2D eigenvalue weighted by atomic mass is 10.2. The summed E-state index contributed by atoms with van der Waals surface area (Å²) in [7, 11) is 1.31. The molecule has 4 aliphatic rings. The van der Waals surface area contributed by atoms with Crippen LogP contribution in [0, 0.1) is 11.8 Å². The van der Waals surface area contributed by atoms with E-state index in [-0.39, 0.29) is 57.7 Å². The molecule has 4 amide bonds. The molecule has 1 aromatic carbocycles. The third-order valence-corrected chi connectivity index (χ3v) is 9.25. The number of halogens is 6. The van der Waals surface area contributed by atoms with Gasteiger partial charge in [0.25, 0.3) is 17.7 Å². The minimum atomic E-state index is -4.94. The van der Waals surface area contributed by atoms with E-state index in [1.54, 1.807) is 4.90 Å². The standard InChI is InChI=1S/C28H27ClF5N9O3/c1-41-19(17-11-43(20-5-27(20,30)31)40-22(17)28(32,33)34)8-36-23(41)25(45)37-12-2-3-14(18(29)4-12)24(44)39-21-15-9-42(10-16(15)21)26(46)38-13-6-35-7-13/h2-4,8,11,13,15-16,20-21,35H,5-7,9-10H2,1H3,(H,37,45)(H,38,46)(H,39,44). The van der Waals surface area contributed by atoms with Crippen LogP contribution < -0.4 is 21.3 Å². The van der Waals surface area contributed by atoms with Crippen molar-refractivity contribution in [3.63, 3.8) is 0 Å². The number of likely N-dealkylation sites (tertiary alicyclic amines) is 1. The van der Waals surface area contributed by atoms with E-state index in [1.807, 2.05) is 0 Å². The van der Waals surface area contributed by atoms with Crippen molar-refractivity contribution in [1.82, 2.24) is 40.2 Å². The van der Waals surface area contributed by atoms with Crippen molar-refractivity contribution in [2.75, 3.05) is 31.5 Å². The SMILES string of the molecule is Cn1c(-c2cn(C3CC3(F)F)nc2C(F)(F)F)cnc1C(=O)Nc1ccc(C(=O)NC2C3CN(C(=O)NC4CNC4)CC32)c(Cl)c1. The van der Waals surface area contributed by atoms with Crippen LogP contribution in [0.15, 0.2) is 30.6 Å². The second kappa shape index (κ2) is 10.7. The van der Waals surface area contributed by atoms with Gasteiger partial charge in [-0.3, -0.25) is 14.3 Å². The Labute approximate surface area is 262 Å². The molecule has 244 valence electrons. The van der Waals surface area contributed by atoms with Gasteiger partial charge in [-0.15, -0.1) is 0 Å². The number of nitrogens with zero attached hydrogens (tertiary/aromatic N) is 5. The number of alkyl halides is 5. The molecular weight excluding hydrogens is 641 g/mol. The van der Waals surface area contributed by atoms with Gasteiger partial charge in [0.2, 0.25) is 0 Å². The van der Waals surface area contributed by atoms with Gasteiger partial charge in [0, 0.05) is 69.4 Å². The van der Waals surface area contributed by atoms with Crippen molar-refractivity contribution < 1.29 is 36.3 Å². The first-order valence-corrected chi connectivity index (χ1v) is 14.8. The van der Waals surface area contributed by atoms with Crippen molar-refractivity contribution >= 4 is 35.1 Å². The van der Waals surface area contributed by atoms with Crippen LogP contribution in [0.4, 0.5) is 32.4 Å². The number of hydrogen-bond acceptors (Lipinski definition) is 6. The lowest BCUT2D eigenvalue weighted by Crippen LogP contribution is -2.59. The Morgan fingerprint density at radius 2 is 1.78 bits per heavy atom. The van der Waals surface area contributed by atoms with Gasteiger partial charge in [-0.2, -0.15) is 18.3 Å². The van der Waals surface area contributed by atoms with Crippen LogP contribution >= 0.6 is 11.6 Å². The lowest BCUT2D eigenvalue weighted by Gasteiger charge is -2.30. The van der Waals surface area contributed by atoms with Crippen LogP contribution in [0.2, 0.25) is 5.02 Å². The highest BCUT2D eigenvalue weighted by Crippen LogP contribution is 2.53. The fourth-order valence-electron chi connectivity index (χ4n) is 6.06. The van der Waals surface area contributed by atoms with Crippen molar-refractivity contribution in [1.29, 1.82) is 0 Å². The van der Waals surface area contributed by atoms with Crippen LogP contribution in [0.1, 0.15) is 39.1 Å². The fraction of sp³-hybridized carbons (Fsp3) is 0.464. The molecular formula is C28H27ClF5N9O3. The summed E-state index contributed by atoms with van der Waals surface area (Å²) in [6.07, 6.45) is -3.65. The van der Waals surface area contributed by atoms with Gasteiger partial charge in [-0.05, 0) is 18.2 Å². The molecule has 2 aliphatic heterocycles. The number of rotatable bonds is 7. The number of amides is 4. The van der Waals surface area contributed by atoms with Gasteiger partial charge in [0.05, 0.1) is 34.1 Å². The number of nitrogens with one attached hydrogen (secondary N) is 4. The van der Waals surface area contributed by atoms with E-state index < -0.39 is 47.6 Å². The zero-order chi connectivity index (χ0) is 32.7. The highest BCUT2D eigenvalue weighted by atomic mass is 35.5. The third kappa shape index (κ3) is 5.44. The third-order valence-electron chi connectivity index (χ3n) is 8.94. The monoisotopic (exact) mass is 667 g/mol. The zero-order valence-corrected chi connectivity index (χ0v) is 24.8. The van der Waals surface area contributed by atoms with Gasteiger partial charge in [0.15, 0.2) is 11.5 Å². The number of benzene rings is 1. The van der Waals surface area contributed by atoms with Crippen molar-refractivity contribution in [2.24, 2.45) is 18.9 Å². The van der Waals surface area contributed by atoms with Gasteiger partial charge >= 0.3 is 12.2 Å². The maximum Gasteiger partial charge on any atom is 0.435 e. The largest absolute Gasteiger partial charge is 0.435 e. The number of aromatic nitrogens is 4. The van der Waals surface area contributed by atoms with E-state index in [1.165, 1.54) is 25.2 Å². The Bertz CT molecular complexity index is 1740. The number of anilines is 1. The highest BCUT2D eigenvalue weighted by Gasteiger charge is 2.60. The fourth-order valence-corrected chi connectivity index (χ4v) is 6.33. The molecule has 3 unspecified atom stereocenters. The Hall–Kier alpha value is -4.25. The normalized spacial score (nSPS) is 24.6. The summed E-state index contributed by atoms with van der Waals surface area (Å²) in [6, 6.07) is 2.71. The molecule has 12 nitrogen and oxygen atoms in total. The van der Waals surface area contributed by atoms with Crippen molar-refractivity contribution in [3.05, 3.63) is 52.7 Å². The molecule has 2 saturated heterocycles. The van der Waals surface area contributed by atoms with Crippen molar-refractivity contribution in [3.8, 4) is 11.3 Å². The lowest BCUT2D eigenvalue weighted by molar-refractivity contribution is -0.141. The van der Waals surface area contributed by atoms with Gasteiger partial charge < -0.3 is 30.7 Å². The highest BCUT2D eigenvalue weighted by molar-refractivity contribution is 6.34. The molecule has 18 heteroatoms. The predicted molar refractivity (Wildman–Crippen MR) is 152 cm³/mol. The van der Waals surface area contributed by atoms with Gasteiger partial charge in [0.1, 0.15) is 6.04 Å². The molecule has 4 fully saturated rings. The quantitative estimate of drug-likeness (QED) is 0.286. The molecule has 2 aromatic heterocycles. The summed E-state index contributed by atoms with van der Waals surface area (Å²) in [4.78, 5) is 44.0. The Balaban J connectivity index is 0.983. The van der Waals surface area contributed by atoms with Gasteiger partial charge in [-0.25, -0.2) is 18.6 Å². The van der Waals surface area contributed by atoms with Crippen molar-refractivity contribution in [2.45, 2.75) is 36.6 Å². The molecule has 4 heterocycles. The Kier molecular flexibility index (Phi) is 7.04. The van der Waals surface area contributed by atoms with E-state index in [9.17, 15) is 36.3 Å². The average Bonchev–Trinajstić information content (AvgIpc) is 3.47. The topological polar surface area (TPSA) is 138 Å². The van der Waals surface area contributed by atoms with Crippen LogP contribution in [-0.2, 0) is 13.2 Å². The number of hydrogen-bond donors (Lipinski definition) is 4. The predicted octanol–water partition coefficient (Wildman–Crippen LogP) is 3.13. The summed E-state index contributed by atoms with van der Waals surface area (Å²) >= 11 is 6.37. The summed E-state index contributed by atoms with van der Waals surface area (Å²) < 4.78 is 70.0. The van der Waals surface area contributed by atoms with Crippen LogP contribution in [-0.4, -0.2) is 86.3 Å². The number of urea groups is 1. The molecule has 2 saturated carbocycles. The molecule has 3 atom stereocenters. The van der Waals surface area contributed by atoms with Crippen LogP contribution in [0.3, 0.4) is 0 Å². The second-order valence-corrected chi connectivity index (χ2v) is 12.5. The van der Waals surface area contributed by atoms with Crippen LogP contribution in [0.25, 0.3) is 11.3 Å². The molecule has 4 N–H and O–H groups in total. The van der Waals surface area contributed by atoms with Gasteiger partial charge in [-0.1, -0.05) is 11.6 Å². The first-order chi connectivity index (χ1) is 21.7. The van der Waals surface area contributed by atoms with Crippen LogP contribution in [0.5, 0.6) is 0 Å². The van der Waals surface area contributed by atoms with E-state index in [0.29, 0.717) is 17.8 Å². The minimum absolute atomic E-state index is 0.0517. The first kappa shape index (κ1) is 30.4. The number of fused-ring (bicyclic) bond motifs is 1. The minimum Gasteiger partial charge on any atom is -0.349 e. The maximum atomic E-state index is 13.7. The summed E-state index contributed by atoms with van der Waals surface area (Å²) in [5, 5.41) is 15.0. The molecule has 0 bridgehead atoms. The van der Waals surface area contributed by atoms with E-state index in [0.717, 1.165) is 30.1 Å². The molecule has 2 aliphatic carbocycles. The first-order valence-electron chi connectivity index (χ1n) is 14.5. The number of carbonyl (C=O) groups is 3. The number of piperidine rings is 1. The molecule has 46 heavy (non-hydrogen) atoms. The molecule has 7 rings (SSSR count). The second-order valence-electron chi connectivity index (χ2n) is 12.1. The maximum absolute atomic E-state index is 13.7. The Morgan fingerprint density at radius 1 is 1.09 bits per heavy atom. The summed E-state index contributed by atoms with van der Waals surface area (Å²) in [5.74, 6) is -4.29. The van der Waals surface area contributed by atoms with E-state index in [2.05, 4.69) is 31.3 Å². The smallest absolute Gasteiger partial charge is 0.349 e. The van der Waals surface area contributed by atoms with E-state index >= 15 is 0 Å². The number of carbonyl (C=O) groups excluding carboxylic acids is 3. The molecule has 3 aromatic rings. The average molecular weight is 668 g/mol. The summed E-state index contributed by atoms with van der Waals surface area (Å²) in [6.45, 7) is 2.60.